The van der Waals surface area contributed by atoms with Crippen LogP contribution in [-0.2, 0) is 10.0 Å². The third-order valence-electron chi connectivity index (χ3n) is 3.08. The molecule has 0 unspecified atom stereocenters. The van der Waals surface area contributed by atoms with E-state index in [-0.39, 0.29) is 21.7 Å². The van der Waals surface area contributed by atoms with Gasteiger partial charge in [-0.3, -0.25) is 4.72 Å². The van der Waals surface area contributed by atoms with Gasteiger partial charge < -0.3 is 5.11 Å². The van der Waals surface area contributed by atoms with Crippen LogP contribution in [0, 0.1) is 19.7 Å². The number of anilines is 1. The summed E-state index contributed by atoms with van der Waals surface area (Å²) in [5.41, 5.74) is 0.736. The first-order valence-electron chi connectivity index (χ1n) is 6.33. The number of aromatic carboxylic acids is 1. The minimum absolute atomic E-state index is 0.0400. The number of carboxylic acid groups (broad SMARTS) is 1. The number of rotatable bonds is 4. The zero-order chi connectivity index (χ0) is 16.5. The van der Waals surface area contributed by atoms with Gasteiger partial charge in [-0.2, -0.15) is 0 Å². The van der Waals surface area contributed by atoms with Gasteiger partial charge in [0.2, 0.25) is 0 Å². The van der Waals surface area contributed by atoms with Crippen LogP contribution in [0.15, 0.2) is 41.3 Å². The first kappa shape index (κ1) is 16.0. The van der Waals surface area contributed by atoms with Crippen molar-refractivity contribution in [3.05, 3.63) is 58.9 Å². The lowest BCUT2D eigenvalue weighted by Gasteiger charge is -2.12. The van der Waals surface area contributed by atoms with Crippen molar-refractivity contribution in [2.45, 2.75) is 18.7 Å². The summed E-state index contributed by atoms with van der Waals surface area (Å²) in [6.45, 7) is 3.17. The summed E-state index contributed by atoms with van der Waals surface area (Å²) >= 11 is 0. The highest BCUT2D eigenvalue weighted by atomic mass is 32.2. The lowest BCUT2D eigenvalue weighted by molar-refractivity contribution is 0.0698. The van der Waals surface area contributed by atoms with E-state index in [9.17, 15) is 17.6 Å². The lowest BCUT2D eigenvalue weighted by atomic mass is 10.1. The molecule has 2 aromatic rings. The molecule has 0 aliphatic rings. The molecule has 0 radical (unpaired) electrons. The number of hydrogen-bond acceptors (Lipinski definition) is 3. The molecule has 0 saturated heterocycles. The summed E-state index contributed by atoms with van der Waals surface area (Å²) in [4.78, 5) is 11.1. The molecule has 2 N–H and O–H groups in total. The average molecular weight is 323 g/mol. The van der Waals surface area contributed by atoms with Crippen LogP contribution in [0.25, 0.3) is 0 Å². The topological polar surface area (TPSA) is 83.5 Å². The molecule has 0 aliphatic carbocycles. The molecule has 0 spiro atoms. The molecule has 0 aliphatic heterocycles. The second-order valence-corrected chi connectivity index (χ2v) is 6.52. The summed E-state index contributed by atoms with van der Waals surface area (Å²) in [6.07, 6.45) is 0. The van der Waals surface area contributed by atoms with Crippen molar-refractivity contribution in [1.82, 2.24) is 0 Å². The number of sulfonamides is 1. The molecule has 0 saturated carbocycles. The maximum atomic E-state index is 13.1. The third-order valence-corrected chi connectivity index (χ3v) is 4.60. The summed E-state index contributed by atoms with van der Waals surface area (Å²) in [5.74, 6) is -1.78. The van der Waals surface area contributed by atoms with Crippen molar-refractivity contribution in [3.8, 4) is 0 Å². The maximum Gasteiger partial charge on any atom is 0.337 e. The van der Waals surface area contributed by atoms with Crippen LogP contribution in [0.3, 0.4) is 0 Å². The zero-order valence-corrected chi connectivity index (χ0v) is 12.7. The molecule has 116 valence electrons. The Kier molecular flexibility index (Phi) is 4.18. The van der Waals surface area contributed by atoms with Crippen LogP contribution in [0.1, 0.15) is 21.5 Å². The zero-order valence-electron chi connectivity index (χ0n) is 11.9. The quantitative estimate of drug-likeness (QED) is 0.906. The Morgan fingerprint density at radius 2 is 1.82 bits per heavy atom. The van der Waals surface area contributed by atoms with Gasteiger partial charge in [-0.05, 0) is 49.7 Å². The predicted molar refractivity (Wildman–Crippen MR) is 80.1 cm³/mol. The van der Waals surface area contributed by atoms with Crippen LogP contribution in [0.5, 0.6) is 0 Å². The first-order valence-corrected chi connectivity index (χ1v) is 7.82. The summed E-state index contributed by atoms with van der Waals surface area (Å²) in [5, 5.41) is 9.16. The van der Waals surface area contributed by atoms with Gasteiger partial charge in [0.05, 0.1) is 16.1 Å². The Labute approximate surface area is 127 Å². The Balaban J connectivity index is 2.47. The van der Waals surface area contributed by atoms with Crippen molar-refractivity contribution in [3.63, 3.8) is 0 Å². The molecule has 0 aromatic heterocycles. The van der Waals surface area contributed by atoms with E-state index in [4.69, 9.17) is 5.11 Å². The van der Waals surface area contributed by atoms with Gasteiger partial charge >= 0.3 is 5.97 Å². The first-order chi connectivity index (χ1) is 10.2. The highest BCUT2D eigenvalue weighted by Crippen LogP contribution is 2.23. The Morgan fingerprint density at radius 3 is 2.41 bits per heavy atom. The molecule has 22 heavy (non-hydrogen) atoms. The fourth-order valence-electron chi connectivity index (χ4n) is 2.04. The number of nitrogens with one attached hydrogen (secondary N) is 1. The smallest absolute Gasteiger partial charge is 0.337 e. The largest absolute Gasteiger partial charge is 0.478 e. The molecule has 2 aromatic carbocycles. The number of carboxylic acids is 1. The minimum Gasteiger partial charge on any atom is -0.478 e. The van der Waals surface area contributed by atoms with Gasteiger partial charge in [-0.15, -0.1) is 0 Å². The van der Waals surface area contributed by atoms with Crippen molar-refractivity contribution < 1.29 is 22.7 Å². The van der Waals surface area contributed by atoms with E-state index in [1.54, 1.807) is 13.0 Å². The number of halogens is 1. The van der Waals surface area contributed by atoms with E-state index >= 15 is 0 Å². The third kappa shape index (κ3) is 3.25. The van der Waals surface area contributed by atoms with Gasteiger partial charge in [-0.1, -0.05) is 11.6 Å². The fourth-order valence-corrected chi connectivity index (χ4v) is 3.35. The van der Waals surface area contributed by atoms with Crippen molar-refractivity contribution in [2.75, 3.05) is 4.72 Å². The molecular formula is C15H14FNO4S. The van der Waals surface area contributed by atoms with Gasteiger partial charge in [0, 0.05) is 0 Å². The summed E-state index contributed by atoms with van der Waals surface area (Å²) < 4.78 is 40.1. The van der Waals surface area contributed by atoms with E-state index < -0.39 is 21.8 Å². The molecule has 0 fully saturated rings. The van der Waals surface area contributed by atoms with Gasteiger partial charge in [0.25, 0.3) is 10.0 Å². The van der Waals surface area contributed by atoms with Crippen molar-refractivity contribution in [1.29, 1.82) is 0 Å². The molecule has 0 atom stereocenters. The SMILES string of the molecule is Cc1ccc(NS(=O)(=O)c2ccc(F)cc2C)c(C(=O)O)c1. The molecular weight excluding hydrogens is 309 g/mol. The van der Waals surface area contributed by atoms with Gasteiger partial charge in [-0.25, -0.2) is 17.6 Å². The molecule has 0 heterocycles. The van der Waals surface area contributed by atoms with Crippen LogP contribution in [0.2, 0.25) is 0 Å². The monoisotopic (exact) mass is 323 g/mol. The average Bonchev–Trinajstić information content (AvgIpc) is 2.39. The number of hydrogen-bond donors (Lipinski definition) is 2. The minimum atomic E-state index is -4.01. The maximum absolute atomic E-state index is 13.1. The standard InChI is InChI=1S/C15H14FNO4S/c1-9-3-5-13(12(7-9)15(18)19)17-22(20,21)14-6-4-11(16)8-10(14)2/h3-8,17H,1-2H3,(H,18,19). The van der Waals surface area contributed by atoms with Crippen molar-refractivity contribution in [2.24, 2.45) is 0 Å². The van der Waals surface area contributed by atoms with Gasteiger partial charge in [0.1, 0.15) is 5.82 Å². The van der Waals surface area contributed by atoms with Gasteiger partial charge in [0.15, 0.2) is 0 Å². The number of carbonyl (C=O) groups is 1. The van der Waals surface area contributed by atoms with Crippen LogP contribution >= 0.6 is 0 Å². The summed E-state index contributed by atoms with van der Waals surface area (Å²) in [6, 6.07) is 7.63. The second kappa shape index (κ2) is 5.76. The lowest BCUT2D eigenvalue weighted by Crippen LogP contribution is -2.16. The Morgan fingerprint density at radius 1 is 1.14 bits per heavy atom. The molecule has 5 nitrogen and oxygen atoms in total. The molecule has 2 rings (SSSR count). The molecule has 0 bridgehead atoms. The normalized spacial score (nSPS) is 11.2. The van der Waals surface area contributed by atoms with Crippen LogP contribution in [0.4, 0.5) is 10.1 Å². The Bertz CT molecular complexity index is 847. The molecule has 0 amide bonds. The van der Waals surface area contributed by atoms with Crippen LogP contribution in [-0.4, -0.2) is 19.5 Å². The number of benzene rings is 2. The Hall–Kier alpha value is -2.41. The van der Waals surface area contributed by atoms with Crippen molar-refractivity contribution >= 4 is 21.7 Å². The summed E-state index contributed by atoms with van der Waals surface area (Å²) in [7, 11) is -4.01. The van der Waals surface area contributed by atoms with E-state index in [1.807, 2.05) is 0 Å². The van der Waals surface area contributed by atoms with E-state index in [2.05, 4.69) is 4.72 Å². The number of aryl methyl sites for hydroxylation is 2. The van der Waals surface area contributed by atoms with E-state index in [0.29, 0.717) is 5.56 Å². The highest BCUT2D eigenvalue weighted by molar-refractivity contribution is 7.92. The molecule has 7 heteroatoms. The predicted octanol–water partition coefficient (Wildman–Crippen LogP) is 2.94. The van der Waals surface area contributed by atoms with Crippen LogP contribution < -0.4 is 4.72 Å². The van der Waals surface area contributed by atoms with E-state index in [0.717, 1.165) is 18.2 Å². The highest BCUT2D eigenvalue weighted by Gasteiger charge is 2.20. The fraction of sp³-hybridized carbons (Fsp3) is 0.133. The van der Waals surface area contributed by atoms with E-state index in [1.165, 1.54) is 19.1 Å². The second-order valence-electron chi connectivity index (χ2n) is 4.87.